The average molecular weight is 416 g/mol. The van der Waals surface area contributed by atoms with E-state index < -0.39 is 18.0 Å². The Balaban J connectivity index is 1.83. The number of amides is 1. The number of benzene rings is 1. The van der Waals surface area contributed by atoms with Gasteiger partial charge in [-0.15, -0.1) is 0 Å². The normalized spacial score (nSPS) is 17.6. The molecule has 1 saturated heterocycles. The molecular weight excluding hydrogens is 392 g/mol. The Morgan fingerprint density at radius 3 is 2.59 bits per heavy atom. The second kappa shape index (κ2) is 9.19. The van der Waals surface area contributed by atoms with Crippen LogP contribution in [0, 0.1) is 0 Å². The van der Waals surface area contributed by atoms with Gasteiger partial charge in [-0.1, -0.05) is 0 Å². The first-order chi connectivity index (χ1) is 14.0. The highest BCUT2D eigenvalue weighted by Gasteiger charge is 2.33. The van der Waals surface area contributed by atoms with Crippen molar-refractivity contribution < 1.29 is 23.9 Å². The molecule has 29 heavy (non-hydrogen) atoms. The number of methoxy groups -OCH3 is 2. The highest BCUT2D eigenvalue weighted by molar-refractivity contribution is 7.08. The molecule has 1 aliphatic heterocycles. The van der Waals surface area contributed by atoms with Gasteiger partial charge in [0, 0.05) is 6.04 Å². The summed E-state index contributed by atoms with van der Waals surface area (Å²) in [5, 5.41) is 6.95. The Hall–Kier alpha value is -2.71. The highest BCUT2D eigenvalue weighted by Crippen LogP contribution is 2.35. The minimum absolute atomic E-state index is 0.177. The van der Waals surface area contributed by atoms with Crippen molar-refractivity contribution in [2.75, 3.05) is 26.1 Å². The molecule has 3 rings (SSSR count). The minimum Gasteiger partial charge on any atom is -0.465 e. The smallest absolute Gasteiger partial charge is 0.339 e. The van der Waals surface area contributed by atoms with Crippen LogP contribution in [0.1, 0.15) is 52.1 Å². The van der Waals surface area contributed by atoms with E-state index >= 15 is 0 Å². The van der Waals surface area contributed by atoms with Crippen LogP contribution in [0.2, 0.25) is 0 Å². The molecule has 2 heterocycles. The third-order valence-corrected chi connectivity index (χ3v) is 5.90. The van der Waals surface area contributed by atoms with Crippen LogP contribution in [0.15, 0.2) is 35.0 Å². The van der Waals surface area contributed by atoms with E-state index in [2.05, 4.69) is 21.7 Å². The van der Waals surface area contributed by atoms with Gasteiger partial charge in [-0.2, -0.15) is 11.3 Å². The van der Waals surface area contributed by atoms with Crippen molar-refractivity contribution in [2.24, 2.45) is 0 Å². The number of nitrogens with one attached hydrogen (secondary N) is 1. The summed E-state index contributed by atoms with van der Waals surface area (Å²) in [6.07, 6.45) is 2.02. The number of hydrogen-bond acceptors (Lipinski definition) is 7. The molecule has 154 valence electrons. The van der Waals surface area contributed by atoms with E-state index in [1.807, 2.05) is 12.3 Å². The number of esters is 2. The standard InChI is InChI=1S/C21H24N2O5S/c1-13(23-9-4-5-18(23)15-8-10-29-12-15)19(24)22-17-11-14(20(25)27-2)6-7-16(17)21(26)28-3/h6-8,10-13,18H,4-5,9H2,1-3H3,(H,22,24)/t13-,18+/m1/s1. The number of thiophene rings is 1. The van der Waals surface area contributed by atoms with E-state index in [-0.39, 0.29) is 28.8 Å². The van der Waals surface area contributed by atoms with Crippen molar-refractivity contribution in [3.63, 3.8) is 0 Å². The number of carbonyl (C=O) groups excluding carboxylic acids is 3. The third-order valence-electron chi connectivity index (χ3n) is 5.20. The van der Waals surface area contributed by atoms with Gasteiger partial charge in [0.15, 0.2) is 0 Å². The Bertz CT molecular complexity index is 896. The van der Waals surface area contributed by atoms with E-state index in [9.17, 15) is 14.4 Å². The van der Waals surface area contributed by atoms with Gasteiger partial charge in [0.2, 0.25) is 5.91 Å². The molecule has 0 bridgehead atoms. The zero-order valence-electron chi connectivity index (χ0n) is 16.6. The lowest BCUT2D eigenvalue weighted by Gasteiger charge is -2.29. The van der Waals surface area contributed by atoms with Gasteiger partial charge in [-0.25, -0.2) is 9.59 Å². The molecule has 0 spiro atoms. The van der Waals surface area contributed by atoms with Crippen LogP contribution in [-0.2, 0) is 14.3 Å². The number of likely N-dealkylation sites (tertiary alicyclic amines) is 1. The Kier molecular flexibility index (Phi) is 6.66. The van der Waals surface area contributed by atoms with E-state index in [0.717, 1.165) is 19.4 Å². The summed E-state index contributed by atoms with van der Waals surface area (Å²) in [6.45, 7) is 2.67. The lowest BCUT2D eigenvalue weighted by atomic mass is 10.1. The number of ether oxygens (including phenoxy) is 2. The largest absolute Gasteiger partial charge is 0.465 e. The number of hydrogen-bond donors (Lipinski definition) is 1. The van der Waals surface area contributed by atoms with E-state index in [0.29, 0.717) is 0 Å². The Morgan fingerprint density at radius 2 is 1.93 bits per heavy atom. The number of rotatable bonds is 6. The second-order valence-electron chi connectivity index (χ2n) is 6.86. The molecule has 1 aliphatic rings. The van der Waals surface area contributed by atoms with Crippen LogP contribution in [0.25, 0.3) is 0 Å². The maximum atomic E-state index is 13.0. The fraction of sp³-hybridized carbons (Fsp3) is 0.381. The Labute approximate surface area is 173 Å². The first-order valence-corrected chi connectivity index (χ1v) is 10.3. The van der Waals surface area contributed by atoms with Crippen molar-refractivity contribution in [1.29, 1.82) is 0 Å². The van der Waals surface area contributed by atoms with Gasteiger partial charge in [-0.3, -0.25) is 9.69 Å². The minimum atomic E-state index is -0.596. The van der Waals surface area contributed by atoms with Gasteiger partial charge < -0.3 is 14.8 Å². The molecule has 1 aromatic heterocycles. The maximum Gasteiger partial charge on any atom is 0.339 e. The maximum absolute atomic E-state index is 13.0. The number of carbonyl (C=O) groups is 3. The molecule has 0 aliphatic carbocycles. The second-order valence-corrected chi connectivity index (χ2v) is 7.64. The average Bonchev–Trinajstić information content (AvgIpc) is 3.43. The van der Waals surface area contributed by atoms with Crippen molar-refractivity contribution in [2.45, 2.75) is 31.8 Å². The SMILES string of the molecule is COC(=O)c1ccc(C(=O)OC)c(NC(=O)[C@@H](C)N2CCC[C@H]2c2ccsc2)c1. The van der Waals surface area contributed by atoms with Gasteiger partial charge in [0.05, 0.1) is 37.1 Å². The van der Waals surface area contributed by atoms with E-state index in [1.54, 1.807) is 11.3 Å². The van der Waals surface area contributed by atoms with E-state index in [4.69, 9.17) is 9.47 Å². The molecule has 1 N–H and O–H groups in total. The van der Waals surface area contributed by atoms with Crippen molar-refractivity contribution >= 4 is 34.9 Å². The molecule has 1 fully saturated rings. The molecule has 0 radical (unpaired) electrons. The molecule has 2 aromatic rings. The summed E-state index contributed by atoms with van der Waals surface area (Å²) < 4.78 is 9.53. The summed E-state index contributed by atoms with van der Waals surface area (Å²) in [5.74, 6) is -1.40. The van der Waals surface area contributed by atoms with Crippen LogP contribution in [-0.4, -0.2) is 49.6 Å². The Morgan fingerprint density at radius 1 is 1.17 bits per heavy atom. The zero-order chi connectivity index (χ0) is 21.0. The van der Waals surface area contributed by atoms with Crippen molar-refractivity contribution in [1.82, 2.24) is 4.90 Å². The van der Waals surface area contributed by atoms with Crippen LogP contribution in [0.5, 0.6) is 0 Å². The van der Waals surface area contributed by atoms with Crippen LogP contribution < -0.4 is 5.32 Å². The zero-order valence-corrected chi connectivity index (χ0v) is 17.5. The number of anilines is 1. The fourth-order valence-corrected chi connectivity index (χ4v) is 4.35. The van der Waals surface area contributed by atoms with Crippen LogP contribution in [0.3, 0.4) is 0 Å². The van der Waals surface area contributed by atoms with Crippen LogP contribution in [0.4, 0.5) is 5.69 Å². The molecule has 1 amide bonds. The monoisotopic (exact) mass is 416 g/mol. The van der Waals surface area contributed by atoms with Crippen LogP contribution >= 0.6 is 11.3 Å². The first-order valence-electron chi connectivity index (χ1n) is 9.35. The lowest BCUT2D eigenvalue weighted by molar-refractivity contribution is -0.121. The molecule has 8 heteroatoms. The van der Waals surface area contributed by atoms with E-state index in [1.165, 1.54) is 38.0 Å². The predicted molar refractivity (Wildman–Crippen MR) is 110 cm³/mol. The molecule has 0 saturated carbocycles. The molecule has 0 unspecified atom stereocenters. The fourth-order valence-electron chi connectivity index (χ4n) is 3.64. The number of nitrogens with zero attached hydrogens (tertiary/aromatic N) is 1. The van der Waals surface area contributed by atoms with Crippen molar-refractivity contribution in [3.05, 3.63) is 51.7 Å². The summed E-state index contributed by atoms with van der Waals surface area (Å²) in [4.78, 5) is 39.1. The quantitative estimate of drug-likeness (QED) is 0.726. The van der Waals surface area contributed by atoms with Gasteiger partial charge in [-0.05, 0) is 66.9 Å². The summed E-state index contributed by atoms with van der Waals surface area (Å²) in [5.41, 5.74) is 1.86. The first kappa shape index (κ1) is 21.0. The highest BCUT2D eigenvalue weighted by atomic mass is 32.1. The topological polar surface area (TPSA) is 84.9 Å². The van der Waals surface area contributed by atoms with Gasteiger partial charge in [0.1, 0.15) is 0 Å². The lowest BCUT2D eigenvalue weighted by Crippen LogP contribution is -2.41. The molecule has 2 atom stereocenters. The molecular formula is C21H24N2O5S. The predicted octanol–water partition coefficient (Wildman–Crippen LogP) is 3.49. The van der Waals surface area contributed by atoms with Crippen molar-refractivity contribution in [3.8, 4) is 0 Å². The van der Waals surface area contributed by atoms with Gasteiger partial charge >= 0.3 is 11.9 Å². The molecule has 1 aromatic carbocycles. The van der Waals surface area contributed by atoms with Gasteiger partial charge in [0.25, 0.3) is 0 Å². The third kappa shape index (κ3) is 4.49. The summed E-state index contributed by atoms with van der Waals surface area (Å²) in [7, 11) is 2.54. The summed E-state index contributed by atoms with van der Waals surface area (Å²) >= 11 is 1.64. The molecule has 7 nitrogen and oxygen atoms in total. The summed E-state index contributed by atoms with van der Waals surface area (Å²) in [6, 6.07) is 6.22.